The molecule has 1 atom stereocenters. The molecule has 0 N–H and O–H groups in total. The van der Waals surface area contributed by atoms with Crippen molar-refractivity contribution in [3.05, 3.63) is 493 Å². The van der Waals surface area contributed by atoms with Crippen LogP contribution >= 0.6 is 0 Å². The normalized spacial score (nSPS) is 13.7. The summed E-state index contributed by atoms with van der Waals surface area (Å²) in [6.45, 7) is 0. The number of fused-ring (bicyclic) bond motifs is 13. The Kier molecular flexibility index (Phi) is 16.0. The van der Waals surface area contributed by atoms with Crippen LogP contribution in [0.5, 0.6) is 0 Å². The Morgan fingerprint density at radius 2 is 0.525 bits per heavy atom. The molecule has 552 valence electrons. The molecule has 0 amide bonds. The Bertz CT molecular complexity index is 7440. The molecule has 0 fully saturated rings. The molecule has 4 heteroatoms. The maximum atomic E-state index is 6.33. The standard InChI is InChI=1S/C114H74N2O2/c1-4-30-84(31-5-1)113(85-32-6-2-7-33-85)104-44-17-12-39-96(104)98-66-64-92(74-106(98)113)116(90-59-51-76(52-60-90)82-56-68-112-103(72-82)101-42-16-21-48-110(101)118-112)108-46-19-14-38-95(108)83-29-22-27-79(69-83)80-28-23-36-87(70-80)114(86-34-8-3-9-35-86)105-45-18-13-40-97(105)99-65-63-91(73-107(99)114)115(89-61-53-78(54-62-89)94-43-24-26-77-25-10-11-37-93(77)94)88-57-49-75(50-58-88)81-55-67-111-102(71-81)100-41-15-20-47-109(100)117-111/h1-74H. The fourth-order valence-corrected chi connectivity index (χ4v) is 19.7. The average molecular weight is 1500 g/mol. The molecule has 2 aliphatic rings. The molecule has 2 heterocycles. The van der Waals surface area contributed by atoms with E-state index in [0.29, 0.717) is 0 Å². The Balaban J connectivity index is 0.663. The number of para-hydroxylation sites is 3. The lowest BCUT2D eigenvalue weighted by atomic mass is 9.67. The molecular formula is C114H74N2O2. The van der Waals surface area contributed by atoms with E-state index in [-0.39, 0.29) is 0 Å². The smallest absolute Gasteiger partial charge is 0.135 e. The van der Waals surface area contributed by atoms with Gasteiger partial charge < -0.3 is 18.6 Å². The Labute approximate surface area is 685 Å². The summed E-state index contributed by atoms with van der Waals surface area (Å²) in [5, 5.41) is 6.89. The number of benzene rings is 19. The van der Waals surface area contributed by atoms with Gasteiger partial charge in [0.1, 0.15) is 22.3 Å². The lowest BCUT2D eigenvalue weighted by molar-refractivity contribution is 0.668. The SMILES string of the molecule is c1ccc(C2(c3cccc(-c4cccc(-c5ccccc5N(c5ccc(-c6ccc7oc8ccccc8c7c6)cc5)c5ccc6c(c5)C(c5ccccc5)(c5ccccc5)c5ccccc5-6)c4)c3)c3ccccc3-c3ccc(N(c4ccc(-c5ccc6oc7ccccc7c6c5)cc4)c4ccc(-c5cccc6ccccc56)cc4)cc32)cc1. The first-order valence-electron chi connectivity index (χ1n) is 40.7. The van der Waals surface area contributed by atoms with Crippen LogP contribution in [0.15, 0.2) is 458 Å². The van der Waals surface area contributed by atoms with Crippen molar-refractivity contribution in [2.75, 3.05) is 9.80 Å². The predicted octanol–water partition coefficient (Wildman–Crippen LogP) is 30.6. The summed E-state index contributed by atoms with van der Waals surface area (Å²) in [5.41, 5.74) is 34.4. The highest BCUT2D eigenvalue weighted by Crippen LogP contribution is 2.60. The monoisotopic (exact) mass is 1500 g/mol. The molecule has 0 saturated heterocycles. The van der Waals surface area contributed by atoms with Crippen LogP contribution in [0.4, 0.5) is 34.1 Å². The summed E-state index contributed by atoms with van der Waals surface area (Å²) < 4.78 is 12.6. The Morgan fingerprint density at radius 3 is 1.08 bits per heavy atom. The molecule has 0 aliphatic heterocycles. The van der Waals surface area contributed by atoms with Crippen LogP contribution in [0, 0.1) is 0 Å². The number of nitrogens with zero attached hydrogens (tertiary/aromatic N) is 2. The second kappa shape index (κ2) is 27.7. The van der Waals surface area contributed by atoms with Gasteiger partial charge in [-0.1, -0.05) is 334 Å². The van der Waals surface area contributed by atoms with Crippen molar-refractivity contribution in [1.29, 1.82) is 0 Å². The van der Waals surface area contributed by atoms with Gasteiger partial charge in [0.25, 0.3) is 0 Å². The van der Waals surface area contributed by atoms with Crippen molar-refractivity contribution < 1.29 is 8.83 Å². The molecule has 23 rings (SSSR count). The van der Waals surface area contributed by atoms with Crippen molar-refractivity contribution in [1.82, 2.24) is 0 Å². The van der Waals surface area contributed by atoms with Crippen molar-refractivity contribution in [3.63, 3.8) is 0 Å². The van der Waals surface area contributed by atoms with E-state index in [1.807, 2.05) is 24.3 Å². The maximum absolute atomic E-state index is 6.33. The second-order valence-electron chi connectivity index (χ2n) is 31.3. The van der Waals surface area contributed by atoms with Gasteiger partial charge in [-0.05, 0) is 243 Å². The molecule has 118 heavy (non-hydrogen) atoms. The van der Waals surface area contributed by atoms with Gasteiger partial charge in [-0.25, -0.2) is 0 Å². The first kappa shape index (κ1) is 68.3. The van der Waals surface area contributed by atoms with Crippen molar-refractivity contribution in [3.8, 4) is 77.9 Å². The van der Waals surface area contributed by atoms with E-state index in [2.05, 4.69) is 434 Å². The highest BCUT2D eigenvalue weighted by molar-refractivity contribution is 6.08. The molecule has 0 saturated carbocycles. The zero-order chi connectivity index (χ0) is 77.8. The van der Waals surface area contributed by atoms with E-state index >= 15 is 0 Å². The minimum atomic E-state index is -0.751. The molecule has 4 nitrogen and oxygen atoms in total. The fraction of sp³-hybridized carbons (Fsp3) is 0.0175. The number of anilines is 6. The lowest BCUT2D eigenvalue weighted by Gasteiger charge is -2.35. The highest BCUT2D eigenvalue weighted by atomic mass is 16.3. The topological polar surface area (TPSA) is 32.8 Å². The van der Waals surface area contributed by atoms with Gasteiger partial charge in [0, 0.05) is 55.5 Å². The van der Waals surface area contributed by atoms with E-state index in [1.54, 1.807) is 0 Å². The van der Waals surface area contributed by atoms with Crippen LogP contribution in [-0.2, 0) is 10.8 Å². The van der Waals surface area contributed by atoms with E-state index in [1.165, 1.54) is 83.1 Å². The molecule has 2 aromatic heterocycles. The highest BCUT2D eigenvalue weighted by Gasteiger charge is 2.48. The summed E-state index contributed by atoms with van der Waals surface area (Å²) >= 11 is 0. The maximum Gasteiger partial charge on any atom is 0.135 e. The van der Waals surface area contributed by atoms with Gasteiger partial charge in [0.05, 0.1) is 16.5 Å². The van der Waals surface area contributed by atoms with Crippen molar-refractivity contribution in [2.24, 2.45) is 0 Å². The summed E-state index contributed by atoms with van der Waals surface area (Å²) in [5.74, 6) is 0. The fourth-order valence-electron chi connectivity index (χ4n) is 19.7. The van der Waals surface area contributed by atoms with E-state index < -0.39 is 10.8 Å². The van der Waals surface area contributed by atoms with Gasteiger partial charge in [-0.2, -0.15) is 0 Å². The van der Waals surface area contributed by atoms with Crippen LogP contribution in [0.25, 0.3) is 133 Å². The van der Waals surface area contributed by atoms with Crippen molar-refractivity contribution in [2.45, 2.75) is 10.8 Å². The molecule has 0 spiro atoms. The largest absolute Gasteiger partial charge is 0.456 e. The number of hydrogen-bond donors (Lipinski definition) is 0. The van der Waals surface area contributed by atoms with E-state index in [0.717, 1.165) is 128 Å². The number of hydrogen-bond acceptors (Lipinski definition) is 4. The minimum absolute atomic E-state index is 0.613. The molecule has 19 aromatic carbocycles. The third-order valence-electron chi connectivity index (χ3n) is 25.0. The Hall–Kier alpha value is -15.4. The van der Waals surface area contributed by atoms with Crippen LogP contribution in [0.2, 0.25) is 0 Å². The van der Waals surface area contributed by atoms with Gasteiger partial charge in [-0.3, -0.25) is 0 Å². The van der Waals surface area contributed by atoms with E-state index in [9.17, 15) is 0 Å². The summed E-state index contributed by atoms with van der Waals surface area (Å²) in [6.07, 6.45) is 0. The summed E-state index contributed by atoms with van der Waals surface area (Å²) in [6, 6.07) is 166. The van der Waals surface area contributed by atoms with Crippen molar-refractivity contribution >= 4 is 88.8 Å². The summed E-state index contributed by atoms with van der Waals surface area (Å²) in [7, 11) is 0. The first-order chi connectivity index (χ1) is 58.5. The average Bonchev–Trinajstić information content (AvgIpc) is 1.54. The quantitative estimate of drug-likeness (QED) is 0.102. The van der Waals surface area contributed by atoms with Crippen LogP contribution in [-0.4, -0.2) is 0 Å². The predicted molar refractivity (Wildman–Crippen MR) is 490 cm³/mol. The number of furan rings is 2. The van der Waals surface area contributed by atoms with Crippen LogP contribution in [0.1, 0.15) is 44.5 Å². The van der Waals surface area contributed by atoms with Gasteiger partial charge in [-0.15, -0.1) is 0 Å². The molecule has 0 radical (unpaired) electrons. The Morgan fingerprint density at radius 1 is 0.169 bits per heavy atom. The zero-order valence-corrected chi connectivity index (χ0v) is 64.4. The van der Waals surface area contributed by atoms with Crippen LogP contribution in [0.3, 0.4) is 0 Å². The zero-order valence-electron chi connectivity index (χ0n) is 64.4. The molecule has 0 bridgehead atoms. The second-order valence-corrected chi connectivity index (χ2v) is 31.3. The molecule has 21 aromatic rings. The third-order valence-corrected chi connectivity index (χ3v) is 25.0. The summed E-state index contributed by atoms with van der Waals surface area (Å²) in [4.78, 5) is 4.92. The molecule has 2 aliphatic carbocycles. The molecule has 1 unspecified atom stereocenters. The minimum Gasteiger partial charge on any atom is -0.456 e. The van der Waals surface area contributed by atoms with Crippen LogP contribution < -0.4 is 9.80 Å². The molecular weight excluding hydrogens is 1430 g/mol. The van der Waals surface area contributed by atoms with Gasteiger partial charge in [0.2, 0.25) is 0 Å². The van der Waals surface area contributed by atoms with Gasteiger partial charge >= 0.3 is 0 Å². The van der Waals surface area contributed by atoms with E-state index in [4.69, 9.17) is 8.83 Å². The van der Waals surface area contributed by atoms with Gasteiger partial charge in [0.15, 0.2) is 0 Å². The first-order valence-corrected chi connectivity index (χ1v) is 40.7. The number of rotatable bonds is 15. The third kappa shape index (κ3) is 10.9. The lowest BCUT2D eigenvalue weighted by Crippen LogP contribution is -2.29.